The molecule has 3 nitrogen and oxygen atoms in total. The van der Waals surface area contributed by atoms with E-state index in [0.29, 0.717) is 12.1 Å². The highest BCUT2D eigenvalue weighted by Gasteiger charge is 2.41. The van der Waals surface area contributed by atoms with Crippen LogP contribution in [-0.2, 0) is 4.79 Å². The number of hydrogen-bond acceptors (Lipinski definition) is 2. The summed E-state index contributed by atoms with van der Waals surface area (Å²) in [6.45, 7) is 12.9. The van der Waals surface area contributed by atoms with Gasteiger partial charge in [-0.3, -0.25) is 9.69 Å². The highest BCUT2D eigenvalue weighted by Crippen LogP contribution is 2.36. The van der Waals surface area contributed by atoms with Crippen LogP contribution in [0, 0.1) is 0 Å². The van der Waals surface area contributed by atoms with Gasteiger partial charge in [-0.05, 0) is 54.0 Å². The molecule has 0 aromatic heterocycles. The Balaban J connectivity index is 2.67. The molecule has 1 atom stereocenters. The Hall–Kier alpha value is -0.830. The molecule has 1 amide bonds. The van der Waals surface area contributed by atoms with E-state index in [1.165, 1.54) is 12.8 Å². The number of hydrogen-bond donors (Lipinski definition) is 1. The van der Waals surface area contributed by atoms with Crippen LogP contribution < -0.4 is 5.32 Å². The van der Waals surface area contributed by atoms with Gasteiger partial charge in [0.15, 0.2) is 0 Å². The Morgan fingerprint density at radius 1 is 1.35 bits per heavy atom. The fourth-order valence-corrected chi connectivity index (χ4v) is 2.60. The third-order valence-corrected chi connectivity index (χ3v) is 4.24. The monoisotopic (exact) mass is 238 g/mol. The predicted octanol–water partition coefficient (Wildman–Crippen LogP) is 2.33. The Labute approximate surface area is 105 Å². The van der Waals surface area contributed by atoms with Crippen LogP contribution in [0.1, 0.15) is 47.0 Å². The maximum atomic E-state index is 11.6. The van der Waals surface area contributed by atoms with Crippen molar-refractivity contribution in [3.63, 3.8) is 0 Å². The Morgan fingerprint density at radius 3 is 2.47 bits per heavy atom. The van der Waals surface area contributed by atoms with Gasteiger partial charge in [-0.25, -0.2) is 0 Å². The normalized spacial score (nSPS) is 28.8. The number of carbonyl (C=O) groups excluding carboxylic acids is 1. The van der Waals surface area contributed by atoms with E-state index >= 15 is 0 Å². The zero-order chi connectivity index (χ0) is 13.3. The molecule has 1 aliphatic rings. The Kier molecular flexibility index (Phi) is 4.03. The number of rotatable bonds is 3. The minimum atomic E-state index is -0.0389. The third-order valence-electron chi connectivity index (χ3n) is 4.24. The summed E-state index contributed by atoms with van der Waals surface area (Å²) >= 11 is 0. The molecule has 0 aromatic rings. The lowest BCUT2D eigenvalue weighted by Gasteiger charge is -2.52. The van der Waals surface area contributed by atoms with Crippen LogP contribution in [0.3, 0.4) is 0 Å². The van der Waals surface area contributed by atoms with E-state index in [-0.39, 0.29) is 17.0 Å². The van der Waals surface area contributed by atoms with E-state index in [1.54, 1.807) is 6.92 Å². The van der Waals surface area contributed by atoms with E-state index in [1.807, 2.05) is 0 Å². The van der Waals surface area contributed by atoms with Crippen LogP contribution >= 0.6 is 0 Å². The first-order valence-corrected chi connectivity index (χ1v) is 6.37. The Bertz CT molecular complexity index is 322. The maximum Gasteiger partial charge on any atom is 0.246 e. The van der Waals surface area contributed by atoms with Crippen LogP contribution in [-0.4, -0.2) is 35.5 Å². The molecule has 0 radical (unpaired) electrons. The topological polar surface area (TPSA) is 32.3 Å². The first kappa shape index (κ1) is 14.2. The van der Waals surface area contributed by atoms with Gasteiger partial charge in [0.2, 0.25) is 5.91 Å². The predicted molar refractivity (Wildman–Crippen MR) is 71.9 cm³/mol. The fourth-order valence-electron chi connectivity index (χ4n) is 2.60. The molecule has 1 aliphatic heterocycles. The summed E-state index contributed by atoms with van der Waals surface area (Å²) in [5, 5.41) is 2.98. The second-order valence-corrected chi connectivity index (χ2v) is 6.18. The lowest BCUT2D eigenvalue weighted by molar-refractivity contribution is -0.118. The van der Waals surface area contributed by atoms with E-state index in [9.17, 15) is 4.79 Å². The summed E-state index contributed by atoms with van der Waals surface area (Å²) in [4.78, 5) is 14.0. The Morgan fingerprint density at radius 2 is 1.94 bits per heavy atom. The summed E-state index contributed by atoms with van der Waals surface area (Å²) in [7, 11) is 2.16. The fraction of sp³-hybridized carbons (Fsp3) is 0.786. The number of nitrogens with zero attached hydrogens (tertiary/aromatic N) is 1. The van der Waals surface area contributed by atoms with Gasteiger partial charge in [0.1, 0.15) is 0 Å². The third kappa shape index (κ3) is 3.09. The highest BCUT2D eigenvalue weighted by atomic mass is 16.1. The van der Waals surface area contributed by atoms with E-state index in [2.05, 4.69) is 44.6 Å². The first-order valence-electron chi connectivity index (χ1n) is 6.37. The van der Waals surface area contributed by atoms with E-state index in [0.717, 1.165) is 6.42 Å². The first-order chi connectivity index (χ1) is 7.69. The largest absolute Gasteiger partial charge is 0.350 e. The van der Waals surface area contributed by atoms with Crippen molar-refractivity contribution in [2.45, 2.75) is 58.0 Å². The molecule has 1 fully saturated rings. The van der Waals surface area contributed by atoms with Crippen molar-refractivity contribution in [2.24, 2.45) is 0 Å². The molecule has 0 saturated carbocycles. The lowest BCUT2D eigenvalue weighted by Crippen LogP contribution is -2.61. The van der Waals surface area contributed by atoms with Gasteiger partial charge in [-0.15, -0.1) is 0 Å². The highest BCUT2D eigenvalue weighted by molar-refractivity contribution is 5.92. The van der Waals surface area contributed by atoms with Gasteiger partial charge in [0.05, 0.1) is 0 Å². The number of carbonyl (C=O) groups is 1. The summed E-state index contributed by atoms with van der Waals surface area (Å²) < 4.78 is 0. The van der Waals surface area contributed by atoms with Crippen molar-refractivity contribution in [3.8, 4) is 0 Å². The summed E-state index contributed by atoms with van der Waals surface area (Å²) in [6.07, 6.45) is 3.56. The van der Waals surface area contributed by atoms with Crippen LogP contribution in [0.5, 0.6) is 0 Å². The van der Waals surface area contributed by atoms with E-state index < -0.39 is 0 Å². The molecule has 1 rings (SSSR count). The van der Waals surface area contributed by atoms with Crippen molar-refractivity contribution in [1.82, 2.24) is 10.2 Å². The molecule has 17 heavy (non-hydrogen) atoms. The van der Waals surface area contributed by atoms with Crippen LogP contribution in [0.2, 0.25) is 0 Å². The van der Waals surface area contributed by atoms with Crippen molar-refractivity contribution in [2.75, 3.05) is 13.6 Å². The lowest BCUT2D eigenvalue weighted by atomic mass is 9.79. The molecule has 1 N–H and O–H groups in total. The van der Waals surface area contributed by atoms with Crippen molar-refractivity contribution < 1.29 is 4.79 Å². The second kappa shape index (κ2) is 4.81. The molecule has 1 heterocycles. The smallest absolute Gasteiger partial charge is 0.246 e. The van der Waals surface area contributed by atoms with Crippen molar-refractivity contribution >= 4 is 5.91 Å². The van der Waals surface area contributed by atoms with Crippen LogP contribution in [0.15, 0.2) is 12.2 Å². The zero-order valence-electron chi connectivity index (χ0n) is 11.9. The maximum absolute atomic E-state index is 11.6. The van der Waals surface area contributed by atoms with Gasteiger partial charge in [-0.2, -0.15) is 0 Å². The summed E-state index contributed by atoms with van der Waals surface area (Å²) in [5.74, 6) is -0.0389. The average Bonchev–Trinajstić information content (AvgIpc) is 2.22. The number of likely N-dealkylation sites (N-methyl/N-ethyl adjacent to an activating group) is 1. The molecule has 0 bridgehead atoms. The minimum absolute atomic E-state index is 0.0389. The minimum Gasteiger partial charge on any atom is -0.350 e. The van der Waals surface area contributed by atoms with Gasteiger partial charge in [0.25, 0.3) is 0 Å². The van der Waals surface area contributed by atoms with Crippen molar-refractivity contribution in [1.29, 1.82) is 0 Å². The molecule has 0 aromatic carbocycles. The number of piperidine rings is 1. The van der Waals surface area contributed by atoms with Crippen molar-refractivity contribution in [3.05, 3.63) is 12.2 Å². The SMILES string of the molecule is C=C(C)C(=O)NCC1(C)CCCC(C)(C)N1C. The molecule has 98 valence electrons. The molecule has 0 spiro atoms. The van der Waals surface area contributed by atoms with Crippen LogP contribution in [0.25, 0.3) is 0 Å². The average molecular weight is 238 g/mol. The molecule has 1 saturated heterocycles. The standard InChI is InChI=1S/C14H26N2O/c1-11(2)12(17)15-10-14(5)9-7-8-13(3,4)16(14)6/h1,7-10H2,2-6H3,(H,15,17). The summed E-state index contributed by atoms with van der Waals surface area (Å²) in [6, 6.07) is 0. The van der Waals surface area contributed by atoms with Gasteiger partial charge in [0, 0.05) is 23.2 Å². The van der Waals surface area contributed by atoms with Gasteiger partial charge >= 0.3 is 0 Å². The molecule has 1 unspecified atom stereocenters. The molecule has 0 aliphatic carbocycles. The molecular formula is C14H26N2O. The second-order valence-electron chi connectivity index (χ2n) is 6.18. The molecule has 3 heteroatoms. The van der Waals surface area contributed by atoms with E-state index in [4.69, 9.17) is 0 Å². The quantitative estimate of drug-likeness (QED) is 0.765. The number of likely N-dealkylation sites (tertiary alicyclic amines) is 1. The van der Waals surface area contributed by atoms with Gasteiger partial charge < -0.3 is 5.32 Å². The molecular weight excluding hydrogens is 212 g/mol. The number of amides is 1. The van der Waals surface area contributed by atoms with Gasteiger partial charge in [-0.1, -0.05) is 6.58 Å². The van der Waals surface area contributed by atoms with Crippen LogP contribution in [0.4, 0.5) is 0 Å². The zero-order valence-corrected chi connectivity index (χ0v) is 11.9. The summed E-state index contributed by atoms with van der Waals surface area (Å²) in [5.41, 5.74) is 0.833. The number of nitrogens with one attached hydrogen (secondary N) is 1.